The zero-order valence-corrected chi connectivity index (χ0v) is 19.5. The Morgan fingerprint density at radius 1 is 1.23 bits per heavy atom. The average Bonchev–Trinajstić information content (AvgIpc) is 3.14. The number of amides is 1. The predicted octanol–water partition coefficient (Wildman–Crippen LogP) is 2.86. The molecule has 0 aliphatic carbocycles. The van der Waals surface area contributed by atoms with Gasteiger partial charge in [0.05, 0.1) is 26.3 Å². The van der Waals surface area contributed by atoms with Crippen LogP contribution in [0.25, 0.3) is 11.0 Å². The van der Waals surface area contributed by atoms with Gasteiger partial charge in [0.2, 0.25) is 5.95 Å². The molecular formula is C22H27FN6O6. The lowest BCUT2D eigenvalue weighted by Crippen LogP contribution is -2.23. The van der Waals surface area contributed by atoms with Gasteiger partial charge in [0.25, 0.3) is 5.95 Å². The number of benzene rings is 1. The zero-order chi connectivity index (χ0) is 25.5. The minimum Gasteiger partial charge on any atom is -0.496 e. The highest BCUT2D eigenvalue weighted by molar-refractivity contribution is 5.90. The molecule has 1 aromatic carbocycles. The Balaban J connectivity index is 2.12. The number of halogens is 1. The molecule has 1 unspecified atom stereocenters. The lowest BCUT2D eigenvalue weighted by atomic mass is 10.1. The Bertz CT molecular complexity index is 1210. The van der Waals surface area contributed by atoms with Gasteiger partial charge >= 0.3 is 12.1 Å². The van der Waals surface area contributed by atoms with Crippen LogP contribution in [0.5, 0.6) is 5.75 Å². The van der Waals surface area contributed by atoms with Crippen molar-refractivity contribution in [2.45, 2.75) is 38.8 Å². The molecule has 4 N–H and O–H groups in total. The fourth-order valence-corrected chi connectivity index (χ4v) is 3.62. The molecule has 1 amide bonds. The maximum absolute atomic E-state index is 14.9. The van der Waals surface area contributed by atoms with E-state index >= 15 is 0 Å². The number of carboxylic acid groups (broad SMARTS) is 1. The normalized spacial score (nSPS) is 11.8. The van der Waals surface area contributed by atoms with Gasteiger partial charge in [0.15, 0.2) is 11.3 Å². The number of carboxylic acids is 1. The summed E-state index contributed by atoms with van der Waals surface area (Å²) in [5, 5.41) is 28.2. The number of nitrogens with one attached hydrogen (secondary N) is 2. The van der Waals surface area contributed by atoms with E-state index in [0.717, 1.165) is 6.42 Å². The molecule has 13 heteroatoms. The maximum Gasteiger partial charge on any atom is 0.413 e. The highest BCUT2D eigenvalue weighted by atomic mass is 19.1. The number of methoxy groups -OCH3 is 2. The fraction of sp³-hybridized carbons (Fsp3) is 0.409. The number of aromatic carboxylic acids is 1. The number of rotatable bonds is 11. The summed E-state index contributed by atoms with van der Waals surface area (Å²) in [6.07, 6.45) is 1.11. The first-order valence-corrected chi connectivity index (χ1v) is 10.9. The van der Waals surface area contributed by atoms with Gasteiger partial charge in [0.1, 0.15) is 11.3 Å². The highest BCUT2D eigenvalue weighted by Gasteiger charge is 2.23. The lowest BCUT2D eigenvalue weighted by molar-refractivity contribution is 0.0696. The van der Waals surface area contributed by atoms with Gasteiger partial charge in [-0.25, -0.2) is 14.6 Å². The van der Waals surface area contributed by atoms with E-state index in [1.54, 1.807) is 6.07 Å². The Hall–Kier alpha value is -4.00. The van der Waals surface area contributed by atoms with Gasteiger partial charge in [-0.05, 0) is 25.0 Å². The van der Waals surface area contributed by atoms with Gasteiger partial charge in [-0.2, -0.15) is 9.37 Å². The van der Waals surface area contributed by atoms with Gasteiger partial charge in [-0.15, -0.1) is 5.10 Å². The topological polar surface area (TPSA) is 161 Å². The summed E-state index contributed by atoms with van der Waals surface area (Å²) in [6.45, 7) is 1.94. The van der Waals surface area contributed by atoms with E-state index in [2.05, 4.69) is 30.4 Å². The molecule has 2 heterocycles. The average molecular weight is 490 g/mol. The van der Waals surface area contributed by atoms with Crippen molar-refractivity contribution in [1.29, 1.82) is 0 Å². The number of hydrogen-bond acceptors (Lipinski definition) is 9. The summed E-state index contributed by atoms with van der Waals surface area (Å²) in [5.41, 5.74) is 0.665. The summed E-state index contributed by atoms with van der Waals surface area (Å²) >= 11 is 0. The first-order valence-electron chi connectivity index (χ1n) is 10.9. The summed E-state index contributed by atoms with van der Waals surface area (Å²) in [5.74, 6) is -1.70. The van der Waals surface area contributed by atoms with Crippen LogP contribution in [0, 0.1) is 5.95 Å². The van der Waals surface area contributed by atoms with Crippen LogP contribution in [0.1, 0.15) is 42.1 Å². The molecule has 12 nitrogen and oxygen atoms in total. The molecule has 35 heavy (non-hydrogen) atoms. The molecule has 2 aromatic heterocycles. The summed E-state index contributed by atoms with van der Waals surface area (Å²) in [6, 6.07) is 4.14. The molecule has 0 spiro atoms. The Kier molecular flexibility index (Phi) is 8.36. The van der Waals surface area contributed by atoms with Gasteiger partial charge < -0.3 is 25.0 Å². The second kappa shape index (κ2) is 11.4. The van der Waals surface area contributed by atoms with Crippen LogP contribution in [-0.4, -0.2) is 68.9 Å². The van der Waals surface area contributed by atoms with Crippen LogP contribution >= 0.6 is 0 Å². The van der Waals surface area contributed by atoms with Crippen molar-refractivity contribution in [1.82, 2.24) is 19.7 Å². The van der Waals surface area contributed by atoms with E-state index in [0.29, 0.717) is 18.4 Å². The number of fused-ring (bicyclic) bond motifs is 1. The highest BCUT2D eigenvalue weighted by Crippen LogP contribution is 2.29. The number of aliphatic hydroxyl groups is 1. The van der Waals surface area contributed by atoms with Crippen molar-refractivity contribution in [3.05, 3.63) is 35.3 Å². The third-order valence-corrected chi connectivity index (χ3v) is 5.25. The minimum absolute atomic E-state index is 0.0176. The summed E-state index contributed by atoms with van der Waals surface area (Å²) in [7, 11) is 2.57. The molecule has 0 bridgehead atoms. The second-order valence-corrected chi connectivity index (χ2v) is 7.63. The Labute approximate surface area is 200 Å². The summed E-state index contributed by atoms with van der Waals surface area (Å²) in [4.78, 5) is 31.4. The van der Waals surface area contributed by atoms with Crippen molar-refractivity contribution >= 4 is 34.9 Å². The van der Waals surface area contributed by atoms with Crippen molar-refractivity contribution in [2.24, 2.45) is 0 Å². The number of ether oxygens (including phenoxy) is 2. The van der Waals surface area contributed by atoms with E-state index < -0.39 is 18.0 Å². The van der Waals surface area contributed by atoms with E-state index in [1.165, 1.54) is 31.0 Å². The number of anilines is 2. The minimum atomic E-state index is -1.11. The SMILES string of the molecule is CCCC(CCO)Nc1nc(NC(=O)OC)nc2c(F)nn(Cc3ccc(C(=O)O)cc3OC)c12. The molecule has 0 aliphatic heterocycles. The largest absolute Gasteiger partial charge is 0.496 e. The third kappa shape index (κ3) is 5.93. The molecule has 0 saturated heterocycles. The molecule has 0 aliphatic rings. The second-order valence-electron chi connectivity index (χ2n) is 7.63. The predicted molar refractivity (Wildman–Crippen MR) is 124 cm³/mol. The molecule has 0 radical (unpaired) electrons. The van der Waals surface area contributed by atoms with Crippen molar-refractivity contribution < 1.29 is 33.7 Å². The number of carbonyl (C=O) groups is 2. The first-order chi connectivity index (χ1) is 16.8. The lowest BCUT2D eigenvalue weighted by Gasteiger charge is -2.19. The monoisotopic (exact) mass is 490 g/mol. The molecule has 0 fully saturated rings. The number of carbonyl (C=O) groups excluding carboxylic acids is 1. The van der Waals surface area contributed by atoms with E-state index in [1.807, 2.05) is 6.92 Å². The van der Waals surface area contributed by atoms with Gasteiger partial charge in [-0.1, -0.05) is 19.4 Å². The fourth-order valence-electron chi connectivity index (χ4n) is 3.62. The van der Waals surface area contributed by atoms with Crippen LogP contribution in [0.15, 0.2) is 18.2 Å². The van der Waals surface area contributed by atoms with Crippen LogP contribution in [-0.2, 0) is 11.3 Å². The molecule has 1 atom stereocenters. The molecule has 3 rings (SSSR count). The smallest absolute Gasteiger partial charge is 0.413 e. The van der Waals surface area contributed by atoms with Crippen molar-refractivity contribution in [3.63, 3.8) is 0 Å². The molecular weight excluding hydrogens is 463 g/mol. The number of aliphatic hydroxyl groups excluding tert-OH is 1. The van der Waals surface area contributed by atoms with E-state index in [-0.39, 0.29) is 53.3 Å². The van der Waals surface area contributed by atoms with Gasteiger partial charge in [-0.3, -0.25) is 10.00 Å². The Morgan fingerprint density at radius 2 is 2.00 bits per heavy atom. The Morgan fingerprint density at radius 3 is 2.63 bits per heavy atom. The van der Waals surface area contributed by atoms with Crippen LogP contribution in [0.2, 0.25) is 0 Å². The number of aromatic nitrogens is 4. The molecule has 188 valence electrons. The standard InChI is InChI=1S/C22H27FN6O6/c1-4-5-14(8-9-30)24-19-17-16(25-21(26-19)27-22(33)35-3)18(23)28-29(17)11-13-7-6-12(20(31)32)10-15(13)34-2/h6-7,10,14,30H,4-5,8-9,11H2,1-3H3,(H,31,32)(H2,24,25,26,27,33). The summed E-state index contributed by atoms with van der Waals surface area (Å²) < 4.78 is 26.2. The van der Waals surface area contributed by atoms with Crippen molar-refractivity contribution in [3.8, 4) is 5.75 Å². The quantitative estimate of drug-likeness (QED) is 0.314. The van der Waals surface area contributed by atoms with Gasteiger partial charge in [0, 0.05) is 18.2 Å². The van der Waals surface area contributed by atoms with Crippen molar-refractivity contribution in [2.75, 3.05) is 31.5 Å². The van der Waals surface area contributed by atoms with E-state index in [4.69, 9.17) is 4.74 Å². The third-order valence-electron chi connectivity index (χ3n) is 5.25. The molecule has 0 saturated carbocycles. The zero-order valence-electron chi connectivity index (χ0n) is 19.5. The maximum atomic E-state index is 14.9. The van der Waals surface area contributed by atoms with Crippen LogP contribution in [0.4, 0.5) is 21.0 Å². The van der Waals surface area contributed by atoms with Crippen LogP contribution < -0.4 is 15.4 Å². The van der Waals surface area contributed by atoms with Crippen LogP contribution in [0.3, 0.4) is 0 Å². The first kappa shape index (κ1) is 25.6. The van der Waals surface area contributed by atoms with E-state index in [9.17, 15) is 24.2 Å². The molecule has 3 aromatic rings. The number of nitrogens with zero attached hydrogens (tertiary/aromatic N) is 4. The number of hydrogen-bond donors (Lipinski definition) is 4.